The zero-order valence-electron chi connectivity index (χ0n) is 15.2. The Morgan fingerprint density at radius 1 is 0.923 bits per heavy atom. The van der Waals surface area contributed by atoms with Crippen LogP contribution >= 0.6 is 24.0 Å². The third-order valence-corrected chi connectivity index (χ3v) is 6.01. The lowest BCUT2D eigenvalue weighted by Gasteiger charge is -2.16. The van der Waals surface area contributed by atoms with Gasteiger partial charge in [-0.25, -0.2) is 0 Å². The van der Waals surface area contributed by atoms with Gasteiger partial charge in [-0.05, 0) is 29.9 Å². The molecule has 0 saturated carbocycles. The number of rotatable bonds is 8. The molecule has 3 nitrogen and oxygen atoms in total. The van der Waals surface area contributed by atoms with E-state index in [2.05, 4.69) is 59.2 Å². The molecule has 1 aliphatic rings. The average molecular weight is 387 g/mol. The van der Waals surface area contributed by atoms with E-state index in [1.54, 1.807) is 4.90 Å². The number of nitrogens with one attached hydrogen (secondary N) is 3. The molecule has 3 rings (SSSR count). The molecule has 1 heterocycles. The van der Waals surface area contributed by atoms with Crippen molar-refractivity contribution in [2.24, 2.45) is 0 Å². The van der Waals surface area contributed by atoms with E-state index in [9.17, 15) is 0 Å². The molecule has 0 aliphatic carbocycles. The van der Waals surface area contributed by atoms with Crippen LogP contribution in [0.2, 0.25) is 0 Å². The standard InChI is InChI=1S/C21H27N3S2/c25-21(22-12-15-26-20-10-2-1-3-11-20)23-16-18-8-4-5-9-19(18)17-24-13-6-7-14-24/h1-5,8-11H,6-7,12-17H2,(H2,22,23,25)/p+1. The summed E-state index contributed by atoms with van der Waals surface area (Å²) in [7, 11) is 0. The van der Waals surface area contributed by atoms with Crippen LogP contribution in [0.5, 0.6) is 0 Å². The summed E-state index contributed by atoms with van der Waals surface area (Å²) in [6.07, 6.45) is 2.73. The number of hydrogen-bond donors (Lipinski definition) is 3. The summed E-state index contributed by atoms with van der Waals surface area (Å²) in [5, 5.41) is 7.41. The summed E-state index contributed by atoms with van der Waals surface area (Å²) in [6, 6.07) is 19.2. The number of thiocarbonyl (C=S) groups is 1. The Hall–Kier alpha value is -1.56. The van der Waals surface area contributed by atoms with Crippen molar-refractivity contribution < 1.29 is 4.90 Å². The van der Waals surface area contributed by atoms with Gasteiger partial charge in [0.1, 0.15) is 6.54 Å². The molecule has 0 bridgehead atoms. The first-order valence-corrected chi connectivity index (χ1v) is 10.8. The maximum Gasteiger partial charge on any atom is 0.166 e. The Balaban J connectivity index is 1.38. The monoisotopic (exact) mass is 386 g/mol. The topological polar surface area (TPSA) is 28.5 Å². The number of hydrogen-bond acceptors (Lipinski definition) is 2. The van der Waals surface area contributed by atoms with Crippen molar-refractivity contribution in [3.8, 4) is 0 Å². The first-order valence-electron chi connectivity index (χ1n) is 9.41. The summed E-state index contributed by atoms with van der Waals surface area (Å²) in [5.41, 5.74) is 2.80. The van der Waals surface area contributed by atoms with Crippen molar-refractivity contribution >= 4 is 29.1 Å². The van der Waals surface area contributed by atoms with Crippen LogP contribution < -0.4 is 15.5 Å². The minimum Gasteiger partial charge on any atom is -0.362 e. The minimum atomic E-state index is 0.738. The molecule has 0 unspecified atom stereocenters. The van der Waals surface area contributed by atoms with E-state index in [0.29, 0.717) is 0 Å². The molecule has 0 atom stereocenters. The summed E-state index contributed by atoms with van der Waals surface area (Å²) < 4.78 is 0. The molecule has 0 spiro atoms. The van der Waals surface area contributed by atoms with E-state index in [1.807, 2.05) is 17.8 Å². The fourth-order valence-electron chi connectivity index (χ4n) is 3.31. The van der Waals surface area contributed by atoms with E-state index in [0.717, 1.165) is 30.5 Å². The van der Waals surface area contributed by atoms with Crippen molar-refractivity contribution in [2.75, 3.05) is 25.4 Å². The Labute approximate surface area is 166 Å². The largest absolute Gasteiger partial charge is 0.362 e. The van der Waals surface area contributed by atoms with Crippen LogP contribution in [0, 0.1) is 0 Å². The smallest absolute Gasteiger partial charge is 0.166 e. The Kier molecular flexibility index (Phi) is 7.80. The molecule has 1 saturated heterocycles. The molecule has 1 fully saturated rings. The van der Waals surface area contributed by atoms with Crippen molar-refractivity contribution in [3.05, 3.63) is 65.7 Å². The van der Waals surface area contributed by atoms with Crippen LogP contribution in [0.25, 0.3) is 0 Å². The molecule has 3 N–H and O–H groups in total. The van der Waals surface area contributed by atoms with E-state index in [-0.39, 0.29) is 0 Å². The highest BCUT2D eigenvalue weighted by Gasteiger charge is 2.16. The van der Waals surface area contributed by atoms with Crippen LogP contribution in [-0.2, 0) is 13.1 Å². The van der Waals surface area contributed by atoms with Gasteiger partial charge in [0.2, 0.25) is 0 Å². The Morgan fingerprint density at radius 2 is 1.62 bits per heavy atom. The van der Waals surface area contributed by atoms with Crippen LogP contribution in [0.1, 0.15) is 24.0 Å². The molecule has 2 aromatic rings. The Bertz CT molecular complexity index is 685. The maximum atomic E-state index is 5.43. The molecule has 0 radical (unpaired) electrons. The SMILES string of the molecule is S=C(NCCSc1ccccc1)NCc1ccccc1C[NH+]1CCCC1. The summed E-state index contributed by atoms with van der Waals surface area (Å²) in [4.78, 5) is 3.00. The second-order valence-corrected chi connectivity index (χ2v) is 8.25. The molecule has 0 aromatic heterocycles. The molecule has 26 heavy (non-hydrogen) atoms. The third kappa shape index (κ3) is 6.31. The first-order chi connectivity index (χ1) is 12.8. The van der Waals surface area contributed by atoms with Crippen molar-refractivity contribution in [3.63, 3.8) is 0 Å². The fraction of sp³-hybridized carbons (Fsp3) is 0.381. The average Bonchev–Trinajstić information content (AvgIpc) is 3.18. The second kappa shape index (κ2) is 10.6. The van der Waals surface area contributed by atoms with Crippen molar-refractivity contribution in [1.82, 2.24) is 10.6 Å². The van der Waals surface area contributed by atoms with E-state index in [1.165, 1.54) is 42.0 Å². The Morgan fingerprint density at radius 3 is 2.38 bits per heavy atom. The zero-order valence-corrected chi connectivity index (χ0v) is 16.8. The minimum absolute atomic E-state index is 0.738. The summed E-state index contributed by atoms with van der Waals surface area (Å²) >= 11 is 7.28. The van der Waals surface area contributed by atoms with Gasteiger partial charge in [0.25, 0.3) is 0 Å². The quantitative estimate of drug-likeness (QED) is 0.370. The highest BCUT2D eigenvalue weighted by atomic mass is 32.2. The summed E-state index contributed by atoms with van der Waals surface area (Å²) in [5.74, 6) is 1.00. The van der Waals surface area contributed by atoms with Gasteiger partial charge in [0, 0.05) is 42.1 Å². The molecular formula is C21H28N3S2+. The van der Waals surface area contributed by atoms with Gasteiger partial charge in [-0.2, -0.15) is 0 Å². The zero-order chi connectivity index (χ0) is 18.0. The molecule has 2 aromatic carbocycles. The highest BCUT2D eigenvalue weighted by Crippen LogP contribution is 2.15. The van der Waals surface area contributed by atoms with Crippen LogP contribution in [0.3, 0.4) is 0 Å². The third-order valence-electron chi connectivity index (χ3n) is 4.71. The lowest BCUT2D eigenvalue weighted by atomic mass is 10.1. The lowest BCUT2D eigenvalue weighted by Crippen LogP contribution is -3.08. The van der Waals surface area contributed by atoms with E-state index >= 15 is 0 Å². The molecule has 138 valence electrons. The number of benzene rings is 2. The predicted octanol–water partition coefficient (Wildman–Crippen LogP) is 2.62. The summed E-state index contributed by atoms with van der Waals surface area (Å²) in [6.45, 7) is 5.40. The van der Waals surface area contributed by atoms with Gasteiger partial charge in [-0.1, -0.05) is 42.5 Å². The first kappa shape index (κ1) is 19.2. The van der Waals surface area contributed by atoms with Crippen molar-refractivity contribution in [2.45, 2.75) is 30.8 Å². The van der Waals surface area contributed by atoms with Gasteiger partial charge >= 0.3 is 0 Å². The normalized spacial score (nSPS) is 14.3. The number of likely N-dealkylation sites (tertiary alicyclic amines) is 1. The van der Waals surface area contributed by atoms with Crippen LogP contribution in [-0.4, -0.2) is 30.5 Å². The van der Waals surface area contributed by atoms with Gasteiger partial charge in [0.15, 0.2) is 5.11 Å². The molecule has 1 aliphatic heterocycles. The van der Waals surface area contributed by atoms with Gasteiger partial charge < -0.3 is 15.5 Å². The van der Waals surface area contributed by atoms with Crippen molar-refractivity contribution in [1.29, 1.82) is 0 Å². The number of thioether (sulfide) groups is 1. The maximum absolute atomic E-state index is 5.43. The van der Waals surface area contributed by atoms with Gasteiger partial charge in [0.05, 0.1) is 13.1 Å². The van der Waals surface area contributed by atoms with E-state index < -0.39 is 0 Å². The number of quaternary nitrogens is 1. The second-order valence-electron chi connectivity index (χ2n) is 6.67. The molecular weight excluding hydrogens is 358 g/mol. The fourth-order valence-corrected chi connectivity index (χ4v) is 4.28. The van der Waals surface area contributed by atoms with Crippen LogP contribution in [0.4, 0.5) is 0 Å². The van der Waals surface area contributed by atoms with E-state index in [4.69, 9.17) is 12.2 Å². The molecule has 5 heteroatoms. The van der Waals surface area contributed by atoms with Gasteiger partial charge in [-0.3, -0.25) is 0 Å². The van der Waals surface area contributed by atoms with Crippen LogP contribution in [0.15, 0.2) is 59.5 Å². The lowest BCUT2D eigenvalue weighted by molar-refractivity contribution is -0.901. The highest BCUT2D eigenvalue weighted by molar-refractivity contribution is 7.99. The predicted molar refractivity (Wildman–Crippen MR) is 115 cm³/mol. The molecule has 0 amide bonds. The van der Waals surface area contributed by atoms with Gasteiger partial charge in [-0.15, -0.1) is 11.8 Å².